The Kier molecular flexibility index (Phi) is 4.57. The number of carbonyl (C=O) groups is 1. The lowest BCUT2D eigenvalue weighted by atomic mass is 9.74. The maximum atomic E-state index is 11.2. The molecule has 0 amide bonds. The molecule has 0 saturated heterocycles. The van der Waals surface area contributed by atoms with Gasteiger partial charge in [0.1, 0.15) is 6.29 Å². The Morgan fingerprint density at radius 2 is 2.17 bits per heavy atom. The predicted molar refractivity (Wildman–Crippen MR) is 76.2 cm³/mol. The van der Waals surface area contributed by atoms with E-state index in [4.69, 9.17) is 0 Å². The zero-order valence-electron chi connectivity index (χ0n) is 11.6. The lowest BCUT2D eigenvalue weighted by Gasteiger charge is -2.31. The molecule has 0 N–H and O–H groups in total. The van der Waals surface area contributed by atoms with Crippen LogP contribution < -0.4 is 0 Å². The van der Waals surface area contributed by atoms with Crippen molar-refractivity contribution in [3.8, 4) is 0 Å². The van der Waals surface area contributed by atoms with Crippen LogP contribution in [0.4, 0.5) is 0 Å². The molecule has 0 heterocycles. The molecule has 2 unspecified atom stereocenters. The van der Waals surface area contributed by atoms with Gasteiger partial charge in [-0.25, -0.2) is 0 Å². The smallest absolute Gasteiger partial charge is 0.150 e. The molecule has 1 aromatic carbocycles. The van der Waals surface area contributed by atoms with Gasteiger partial charge in [0, 0.05) is 5.56 Å². The summed E-state index contributed by atoms with van der Waals surface area (Å²) in [7, 11) is 0. The summed E-state index contributed by atoms with van der Waals surface area (Å²) in [5.41, 5.74) is 3.53. The number of hydrogen-bond acceptors (Lipinski definition) is 1. The van der Waals surface area contributed by atoms with Gasteiger partial charge < -0.3 is 0 Å². The molecule has 1 saturated carbocycles. The van der Waals surface area contributed by atoms with Gasteiger partial charge in [-0.2, -0.15) is 0 Å². The van der Waals surface area contributed by atoms with Crippen molar-refractivity contribution in [3.05, 3.63) is 34.9 Å². The molecule has 2 atom stereocenters. The van der Waals surface area contributed by atoms with Gasteiger partial charge in [-0.05, 0) is 42.7 Å². The van der Waals surface area contributed by atoms with Gasteiger partial charge in [0.15, 0.2) is 0 Å². The first-order valence-electron chi connectivity index (χ1n) is 7.31. The molecule has 1 aromatic rings. The number of hydrogen-bond donors (Lipinski definition) is 0. The summed E-state index contributed by atoms with van der Waals surface area (Å²) >= 11 is 0. The van der Waals surface area contributed by atoms with Crippen molar-refractivity contribution in [1.82, 2.24) is 0 Å². The molecule has 0 spiro atoms. The highest BCUT2D eigenvalue weighted by molar-refractivity contribution is 5.78. The largest absolute Gasteiger partial charge is 0.298 e. The summed E-state index contributed by atoms with van der Waals surface area (Å²) < 4.78 is 0. The standard InChI is InChI=1S/C17H24O/c1-3-6-14-8-5-9-15(11-14)17-13(2)7-4-10-16(17)12-18/h4,7,10,12,14-15H,3,5-6,8-9,11H2,1-2H3. The molecule has 1 fully saturated rings. The molecule has 98 valence electrons. The van der Waals surface area contributed by atoms with Crippen LogP contribution in [0.5, 0.6) is 0 Å². The Bertz CT molecular complexity index is 406. The SMILES string of the molecule is CCCC1CCCC(c2c(C)cccc2C=O)C1. The Morgan fingerprint density at radius 3 is 2.89 bits per heavy atom. The third kappa shape index (κ3) is 2.82. The van der Waals surface area contributed by atoms with Gasteiger partial charge >= 0.3 is 0 Å². The second-order valence-corrected chi connectivity index (χ2v) is 5.71. The molecule has 0 aromatic heterocycles. The predicted octanol–water partition coefficient (Wildman–Crippen LogP) is 4.88. The third-order valence-electron chi connectivity index (χ3n) is 4.37. The average molecular weight is 244 g/mol. The van der Waals surface area contributed by atoms with Gasteiger partial charge in [-0.15, -0.1) is 0 Å². The molecular weight excluding hydrogens is 220 g/mol. The van der Waals surface area contributed by atoms with Crippen LogP contribution in [0.2, 0.25) is 0 Å². The van der Waals surface area contributed by atoms with Crippen molar-refractivity contribution < 1.29 is 4.79 Å². The lowest BCUT2D eigenvalue weighted by molar-refractivity contribution is 0.112. The van der Waals surface area contributed by atoms with E-state index in [1.807, 2.05) is 12.1 Å². The minimum Gasteiger partial charge on any atom is -0.298 e. The number of aldehydes is 1. The van der Waals surface area contributed by atoms with Crippen molar-refractivity contribution in [2.24, 2.45) is 5.92 Å². The van der Waals surface area contributed by atoms with Crippen LogP contribution >= 0.6 is 0 Å². The summed E-state index contributed by atoms with van der Waals surface area (Å²) in [6, 6.07) is 6.11. The fourth-order valence-electron chi connectivity index (χ4n) is 3.59. The van der Waals surface area contributed by atoms with Crippen LogP contribution in [0.15, 0.2) is 18.2 Å². The lowest BCUT2D eigenvalue weighted by Crippen LogP contribution is -2.16. The van der Waals surface area contributed by atoms with Crippen molar-refractivity contribution in [2.45, 2.75) is 58.3 Å². The molecule has 0 bridgehead atoms. The first-order chi connectivity index (χ1) is 8.76. The molecule has 0 radical (unpaired) electrons. The Hall–Kier alpha value is -1.11. The molecule has 0 aliphatic heterocycles. The van der Waals surface area contributed by atoms with Crippen LogP contribution in [-0.4, -0.2) is 6.29 Å². The van der Waals surface area contributed by atoms with Gasteiger partial charge in [0.05, 0.1) is 0 Å². The van der Waals surface area contributed by atoms with Gasteiger partial charge in [-0.3, -0.25) is 4.79 Å². The van der Waals surface area contributed by atoms with E-state index in [2.05, 4.69) is 19.9 Å². The van der Waals surface area contributed by atoms with Crippen molar-refractivity contribution >= 4 is 6.29 Å². The number of carbonyl (C=O) groups excluding carboxylic acids is 1. The Labute approximate surface area is 111 Å². The maximum absolute atomic E-state index is 11.2. The van der Waals surface area contributed by atoms with E-state index in [0.29, 0.717) is 5.92 Å². The number of rotatable bonds is 4. The van der Waals surface area contributed by atoms with Gasteiger partial charge in [-0.1, -0.05) is 50.8 Å². The van der Waals surface area contributed by atoms with Crippen LogP contribution in [0.25, 0.3) is 0 Å². The molecule has 2 rings (SSSR count). The van der Waals surface area contributed by atoms with Crippen molar-refractivity contribution in [3.63, 3.8) is 0 Å². The summed E-state index contributed by atoms with van der Waals surface area (Å²) in [6.07, 6.45) is 8.90. The quantitative estimate of drug-likeness (QED) is 0.690. The average Bonchev–Trinajstić information content (AvgIpc) is 2.39. The van der Waals surface area contributed by atoms with Crippen molar-refractivity contribution in [1.29, 1.82) is 0 Å². The second kappa shape index (κ2) is 6.17. The molecule has 1 aliphatic carbocycles. The topological polar surface area (TPSA) is 17.1 Å². The van der Waals surface area contributed by atoms with E-state index >= 15 is 0 Å². The summed E-state index contributed by atoms with van der Waals surface area (Å²) in [6.45, 7) is 4.42. The molecule has 18 heavy (non-hydrogen) atoms. The molecule has 1 nitrogen and oxygen atoms in total. The normalized spacial score (nSPS) is 23.9. The maximum Gasteiger partial charge on any atom is 0.150 e. The highest BCUT2D eigenvalue weighted by Gasteiger charge is 2.25. The molecule has 1 aliphatic rings. The number of benzene rings is 1. The van der Waals surface area contributed by atoms with Crippen LogP contribution in [0, 0.1) is 12.8 Å². The van der Waals surface area contributed by atoms with E-state index in [1.165, 1.54) is 49.7 Å². The zero-order chi connectivity index (χ0) is 13.0. The van der Waals surface area contributed by atoms with E-state index < -0.39 is 0 Å². The zero-order valence-corrected chi connectivity index (χ0v) is 11.6. The minimum atomic E-state index is 0.608. The molecular formula is C17H24O. The van der Waals surface area contributed by atoms with E-state index in [9.17, 15) is 4.79 Å². The first kappa shape index (κ1) is 13.3. The van der Waals surface area contributed by atoms with E-state index in [0.717, 1.165) is 17.8 Å². The fourth-order valence-corrected chi connectivity index (χ4v) is 3.59. The van der Waals surface area contributed by atoms with Crippen molar-refractivity contribution in [2.75, 3.05) is 0 Å². The monoisotopic (exact) mass is 244 g/mol. The van der Waals surface area contributed by atoms with Gasteiger partial charge in [0.2, 0.25) is 0 Å². The van der Waals surface area contributed by atoms with Crippen LogP contribution in [-0.2, 0) is 0 Å². The highest BCUT2D eigenvalue weighted by Crippen LogP contribution is 2.40. The summed E-state index contributed by atoms with van der Waals surface area (Å²) in [5.74, 6) is 1.48. The summed E-state index contributed by atoms with van der Waals surface area (Å²) in [5, 5.41) is 0. The summed E-state index contributed by atoms with van der Waals surface area (Å²) in [4.78, 5) is 11.2. The Balaban J connectivity index is 2.22. The number of aryl methyl sites for hydroxylation is 1. The van der Waals surface area contributed by atoms with Crippen LogP contribution in [0.1, 0.15) is 72.9 Å². The second-order valence-electron chi connectivity index (χ2n) is 5.71. The third-order valence-corrected chi connectivity index (χ3v) is 4.37. The molecule has 1 heteroatoms. The van der Waals surface area contributed by atoms with Crippen LogP contribution in [0.3, 0.4) is 0 Å². The first-order valence-corrected chi connectivity index (χ1v) is 7.31. The van der Waals surface area contributed by atoms with E-state index in [-0.39, 0.29) is 0 Å². The highest BCUT2D eigenvalue weighted by atomic mass is 16.1. The van der Waals surface area contributed by atoms with E-state index in [1.54, 1.807) is 0 Å². The fraction of sp³-hybridized carbons (Fsp3) is 0.588. The Morgan fingerprint density at radius 1 is 1.33 bits per heavy atom. The minimum absolute atomic E-state index is 0.608. The van der Waals surface area contributed by atoms with Gasteiger partial charge in [0.25, 0.3) is 0 Å².